The van der Waals surface area contributed by atoms with Crippen LogP contribution in [0.1, 0.15) is 50.2 Å². The summed E-state index contributed by atoms with van der Waals surface area (Å²) in [6, 6.07) is -0.291. The number of aryl methyl sites for hydroxylation is 1. The van der Waals surface area contributed by atoms with Crippen molar-refractivity contribution in [1.82, 2.24) is 15.2 Å². The smallest absolute Gasteiger partial charge is 0.242 e. The van der Waals surface area contributed by atoms with Crippen LogP contribution in [-0.4, -0.2) is 40.8 Å². The molecule has 1 aromatic rings. The molecule has 5 nitrogen and oxygen atoms in total. The average Bonchev–Trinajstić information content (AvgIpc) is 3.17. The van der Waals surface area contributed by atoms with E-state index >= 15 is 0 Å². The normalized spacial score (nSPS) is 17.7. The summed E-state index contributed by atoms with van der Waals surface area (Å²) in [6.07, 6.45) is 4.10. The van der Waals surface area contributed by atoms with Crippen LogP contribution in [0.5, 0.6) is 0 Å². The van der Waals surface area contributed by atoms with E-state index in [9.17, 15) is 9.59 Å². The number of carbonyl (C=O) groups is 2. The van der Waals surface area contributed by atoms with Crippen molar-refractivity contribution in [2.75, 3.05) is 13.1 Å². The maximum atomic E-state index is 12.6. The monoisotopic (exact) mass is 337 g/mol. The number of carbonyl (C=O) groups excluding carboxylic acids is 2. The van der Waals surface area contributed by atoms with E-state index in [1.165, 1.54) is 0 Å². The van der Waals surface area contributed by atoms with Crippen LogP contribution in [0.25, 0.3) is 0 Å². The molecule has 2 rings (SSSR count). The van der Waals surface area contributed by atoms with E-state index in [1.807, 2.05) is 26.2 Å². The van der Waals surface area contributed by atoms with Crippen molar-refractivity contribution >= 4 is 23.2 Å². The Bertz CT molecular complexity index is 540. The highest BCUT2D eigenvalue weighted by molar-refractivity contribution is 7.09. The Morgan fingerprint density at radius 3 is 2.78 bits per heavy atom. The van der Waals surface area contributed by atoms with E-state index in [4.69, 9.17) is 0 Å². The molecule has 0 aliphatic carbocycles. The highest BCUT2D eigenvalue weighted by atomic mass is 32.1. The number of thiazole rings is 1. The molecule has 1 atom stereocenters. The van der Waals surface area contributed by atoms with Crippen LogP contribution in [0.2, 0.25) is 0 Å². The zero-order valence-electron chi connectivity index (χ0n) is 14.3. The summed E-state index contributed by atoms with van der Waals surface area (Å²) in [7, 11) is 0. The van der Waals surface area contributed by atoms with Gasteiger partial charge in [0.25, 0.3) is 0 Å². The molecule has 1 aliphatic rings. The first kappa shape index (κ1) is 17.9. The fourth-order valence-corrected chi connectivity index (χ4v) is 3.78. The van der Waals surface area contributed by atoms with Crippen molar-refractivity contribution in [3.63, 3.8) is 0 Å². The van der Waals surface area contributed by atoms with Crippen molar-refractivity contribution in [3.8, 4) is 0 Å². The van der Waals surface area contributed by atoms with Crippen LogP contribution < -0.4 is 5.32 Å². The molecule has 0 saturated carbocycles. The standard InChI is InChI=1S/C17H27N3O2S/c1-4-13(5-2)17(22)20-10-6-7-15(20)16(21)18-9-8-14-11-23-12(3)19-14/h11,13,15H,4-10H2,1-3H3,(H,18,21)/t15-/m1/s1. The van der Waals surface area contributed by atoms with Crippen LogP contribution >= 0.6 is 11.3 Å². The van der Waals surface area contributed by atoms with Gasteiger partial charge >= 0.3 is 0 Å². The van der Waals surface area contributed by atoms with E-state index in [0.717, 1.165) is 42.8 Å². The lowest BCUT2D eigenvalue weighted by molar-refractivity contribution is -0.141. The number of hydrogen-bond acceptors (Lipinski definition) is 4. The summed E-state index contributed by atoms with van der Waals surface area (Å²) in [5.41, 5.74) is 1.02. The van der Waals surface area contributed by atoms with Crippen LogP contribution in [0.4, 0.5) is 0 Å². The number of nitrogens with one attached hydrogen (secondary N) is 1. The van der Waals surface area contributed by atoms with E-state index in [2.05, 4.69) is 10.3 Å². The van der Waals surface area contributed by atoms with Gasteiger partial charge in [-0.3, -0.25) is 9.59 Å². The van der Waals surface area contributed by atoms with Crippen molar-refractivity contribution in [1.29, 1.82) is 0 Å². The number of nitrogens with zero attached hydrogens (tertiary/aromatic N) is 2. The molecular weight excluding hydrogens is 310 g/mol. The minimum absolute atomic E-state index is 0.0197. The molecule has 23 heavy (non-hydrogen) atoms. The summed E-state index contributed by atoms with van der Waals surface area (Å²) in [5.74, 6) is 0.165. The number of rotatable bonds is 7. The lowest BCUT2D eigenvalue weighted by atomic mass is 10.0. The molecule has 0 bridgehead atoms. The lowest BCUT2D eigenvalue weighted by Gasteiger charge is -2.27. The van der Waals surface area contributed by atoms with Crippen LogP contribution in [-0.2, 0) is 16.0 Å². The van der Waals surface area contributed by atoms with Gasteiger partial charge < -0.3 is 10.2 Å². The zero-order valence-corrected chi connectivity index (χ0v) is 15.1. The van der Waals surface area contributed by atoms with E-state index < -0.39 is 0 Å². The number of hydrogen-bond donors (Lipinski definition) is 1. The lowest BCUT2D eigenvalue weighted by Crippen LogP contribution is -2.48. The Morgan fingerprint density at radius 2 is 2.17 bits per heavy atom. The van der Waals surface area contributed by atoms with Gasteiger partial charge in [-0.15, -0.1) is 11.3 Å². The molecule has 1 aromatic heterocycles. The van der Waals surface area contributed by atoms with Crippen LogP contribution in [0.15, 0.2) is 5.38 Å². The van der Waals surface area contributed by atoms with E-state index in [0.29, 0.717) is 13.1 Å². The first-order chi connectivity index (χ1) is 11.1. The predicted octanol–water partition coefficient (Wildman–Crippen LogP) is 2.54. The summed E-state index contributed by atoms with van der Waals surface area (Å²) in [5, 5.41) is 6.05. The highest BCUT2D eigenvalue weighted by Crippen LogP contribution is 2.22. The number of amides is 2. The average molecular weight is 337 g/mol. The molecule has 0 unspecified atom stereocenters. The Kier molecular flexibility index (Phi) is 6.57. The molecular formula is C17H27N3O2S. The number of aromatic nitrogens is 1. The van der Waals surface area contributed by atoms with Gasteiger partial charge in [0.15, 0.2) is 0 Å². The van der Waals surface area contributed by atoms with Gasteiger partial charge in [0, 0.05) is 30.8 Å². The Balaban J connectivity index is 1.86. The second kappa shape index (κ2) is 8.43. The molecule has 1 N–H and O–H groups in total. The van der Waals surface area contributed by atoms with Gasteiger partial charge in [0.2, 0.25) is 11.8 Å². The van der Waals surface area contributed by atoms with Gasteiger partial charge in [-0.2, -0.15) is 0 Å². The predicted molar refractivity (Wildman–Crippen MR) is 92.4 cm³/mol. The molecule has 0 spiro atoms. The molecule has 2 heterocycles. The topological polar surface area (TPSA) is 62.3 Å². The van der Waals surface area contributed by atoms with Crippen LogP contribution in [0, 0.1) is 12.8 Å². The van der Waals surface area contributed by atoms with Gasteiger partial charge in [0.05, 0.1) is 10.7 Å². The number of likely N-dealkylation sites (tertiary alicyclic amines) is 1. The quantitative estimate of drug-likeness (QED) is 0.832. The third kappa shape index (κ3) is 4.53. The summed E-state index contributed by atoms with van der Waals surface area (Å²) in [6.45, 7) is 7.33. The summed E-state index contributed by atoms with van der Waals surface area (Å²) in [4.78, 5) is 31.2. The molecule has 1 fully saturated rings. The van der Waals surface area contributed by atoms with Gasteiger partial charge in [-0.05, 0) is 32.6 Å². The molecule has 2 amide bonds. The minimum atomic E-state index is -0.291. The third-order valence-electron chi connectivity index (χ3n) is 4.52. The Morgan fingerprint density at radius 1 is 1.43 bits per heavy atom. The van der Waals surface area contributed by atoms with Gasteiger partial charge in [0.1, 0.15) is 6.04 Å². The Labute approximate surface area is 142 Å². The minimum Gasteiger partial charge on any atom is -0.354 e. The molecule has 1 aliphatic heterocycles. The molecule has 128 valence electrons. The second-order valence-electron chi connectivity index (χ2n) is 6.10. The van der Waals surface area contributed by atoms with Crippen LogP contribution in [0.3, 0.4) is 0 Å². The molecule has 0 radical (unpaired) electrons. The first-order valence-corrected chi connectivity index (χ1v) is 9.44. The molecule has 0 aromatic carbocycles. The van der Waals surface area contributed by atoms with Crippen molar-refractivity contribution < 1.29 is 9.59 Å². The molecule has 6 heteroatoms. The fraction of sp³-hybridized carbons (Fsp3) is 0.706. The third-order valence-corrected chi connectivity index (χ3v) is 5.34. The van der Waals surface area contributed by atoms with Crippen molar-refractivity contribution in [3.05, 3.63) is 16.1 Å². The van der Waals surface area contributed by atoms with Crippen molar-refractivity contribution in [2.45, 2.75) is 58.9 Å². The van der Waals surface area contributed by atoms with Crippen molar-refractivity contribution in [2.24, 2.45) is 5.92 Å². The first-order valence-electron chi connectivity index (χ1n) is 8.56. The van der Waals surface area contributed by atoms with E-state index in [-0.39, 0.29) is 23.8 Å². The van der Waals surface area contributed by atoms with Gasteiger partial charge in [-0.1, -0.05) is 13.8 Å². The van der Waals surface area contributed by atoms with E-state index in [1.54, 1.807) is 16.2 Å². The maximum Gasteiger partial charge on any atom is 0.242 e. The fourth-order valence-electron chi connectivity index (χ4n) is 3.13. The van der Waals surface area contributed by atoms with Gasteiger partial charge in [-0.25, -0.2) is 4.98 Å². The maximum absolute atomic E-state index is 12.6. The Hall–Kier alpha value is -1.43. The zero-order chi connectivity index (χ0) is 16.8. The SMILES string of the molecule is CCC(CC)C(=O)N1CCC[C@@H]1C(=O)NCCc1csc(C)n1. The second-order valence-corrected chi connectivity index (χ2v) is 7.16. The summed E-state index contributed by atoms with van der Waals surface area (Å²) < 4.78 is 0. The largest absolute Gasteiger partial charge is 0.354 e. The summed E-state index contributed by atoms with van der Waals surface area (Å²) >= 11 is 1.62. The molecule has 1 saturated heterocycles. The highest BCUT2D eigenvalue weighted by Gasteiger charge is 2.35.